The second-order valence-electron chi connectivity index (χ2n) is 7.14. The number of benzene rings is 3. The van der Waals surface area contributed by atoms with Crippen LogP contribution in [0.2, 0.25) is 0 Å². The fourth-order valence-corrected chi connectivity index (χ4v) is 5.07. The van der Waals surface area contributed by atoms with E-state index in [1.807, 2.05) is 13.0 Å². The van der Waals surface area contributed by atoms with Crippen LogP contribution in [0.4, 0.5) is 11.4 Å². The quantitative estimate of drug-likeness (QED) is 0.518. The van der Waals surface area contributed by atoms with Crippen LogP contribution in [0.1, 0.15) is 28.4 Å². The molecule has 0 saturated heterocycles. The van der Waals surface area contributed by atoms with Crippen LogP contribution in [-0.2, 0) is 20.0 Å². The lowest BCUT2D eigenvalue weighted by atomic mass is 10.2. The molecule has 0 unspecified atom stereocenters. The normalized spacial score (nSPS) is 11.7. The number of ketones is 1. The maximum Gasteiger partial charge on any atom is 0.261 e. The van der Waals surface area contributed by atoms with Crippen molar-refractivity contribution in [1.29, 1.82) is 0 Å². The van der Waals surface area contributed by atoms with E-state index in [2.05, 4.69) is 9.44 Å². The highest BCUT2D eigenvalue weighted by molar-refractivity contribution is 7.93. The van der Waals surface area contributed by atoms with Crippen LogP contribution >= 0.6 is 0 Å². The highest BCUT2D eigenvalue weighted by Crippen LogP contribution is 2.25. The van der Waals surface area contributed by atoms with Crippen LogP contribution in [0.5, 0.6) is 0 Å². The number of sulfonamides is 2. The predicted molar refractivity (Wildman–Crippen MR) is 120 cm³/mol. The van der Waals surface area contributed by atoms with Crippen molar-refractivity contribution in [3.63, 3.8) is 0 Å². The first kappa shape index (κ1) is 22.5. The highest BCUT2D eigenvalue weighted by atomic mass is 32.2. The minimum Gasteiger partial charge on any atom is -0.295 e. The van der Waals surface area contributed by atoms with E-state index in [0.29, 0.717) is 16.8 Å². The van der Waals surface area contributed by atoms with E-state index in [1.165, 1.54) is 49.4 Å². The Balaban J connectivity index is 1.90. The average molecular weight is 459 g/mol. The molecule has 3 aromatic carbocycles. The Hall–Kier alpha value is -3.17. The van der Waals surface area contributed by atoms with E-state index in [4.69, 9.17) is 0 Å². The number of hydrogen-bond donors (Lipinski definition) is 2. The molecule has 0 radical (unpaired) electrons. The molecule has 0 aliphatic heterocycles. The number of aryl methyl sites for hydroxylation is 2. The van der Waals surface area contributed by atoms with Gasteiger partial charge in [0.05, 0.1) is 15.5 Å². The van der Waals surface area contributed by atoms with Gasteiger partial charge >= 0.3 is 0 Å². The molecular formula is C22H22N2O5S2. The molecule has 0 aliphatic carbocycles. The van der Waals surface area contributed by atoms with Gasteiger partial charge < -0.3 is 0 Å². The van der Waals surface area contributed by atoms with Gasteiger partial charge in [0.15, 0.2) is 5.78 Å². The molecule has 2 N–H and O–H groups in total. The van der Waals surface area contributed by atoms with E-state index in [-0.39, 0.29) is 21.3 Å². The van der Waals surface area contributed by atoms with Gasteiger partial charge in [-0.15, -0.1) is 0 Å². The summed E-state index contributed by atoms with van der Waals surface area (Å²) in [7, 11) is -7.91. The number of carbonyl (C=O) groups excluding carboxylic acids is 1. The van der Waals surface area contributed by atoms with Crippen LogP contribution in [0.15, 0.2) is 76.5 Å². The van der Waals surface area contributed by atoms with Gasteiger partial charge in [0.1, 0.15) is 0 Å². The van der Waals surface area contributed by atoms with Crippen molar-refractivity contribution in [2.45, 2.75) is 30.6 Å². The summed E-state index contributed by atoms with van der Waals surface area (Å²) in [4.78, 5) is 11.3. The SMILES string of the molecule is CC(=O)c1ccc(S(=O)(=O)Nc2cc(S(=O)(=O)Nc3cccc(C)c3)ccc2C)cc1. The summed E-state index contributed by atoms with van der Waals surface area (Å²) in [5.41, 5.74) is 2.40. The Morgan fingerprint density at radius 1 is 0.742 bits per heavy atom. The van der Waals surface area contributed by atoms with Crippen molar-refractivity contribution >= 4 is 37.2 Å². The Labute approximate surface area is 182 Å². The summed E-state index contributed by atoms with van der Waals surface area (Å²) in [5.74, 6) is -0.174. The maximum absolute atomic E-state index is 12.8. The zero-order valence-corrected chi connectivity index (χ0v) is 18.8. The highest BCUT2D eigenvalue weighted by Gasteiger charge is 2.20. The van der Waals surface area contributed by atoms with Crippen molar-refractivity contribution < 1.29 is 21.6 Å². The van der Waals surface area contributed by atoms with Crippen LogP contribution in [0, 0.1) is 13.8 Å². The molecule has 0 spiro atoms. The molecule has 7 nitrogen and oxygen atoms in total. The topological polar surface area (TPSA) is 109 Å². The first-order valence-electron chi connectivity index (χ1n) is 9.32. The predicted octanol–water partition coefficient (Wildman–Crippen LogP) is 4.11. The molecule has 3 aromatic rings. The summed E-state index contributed by atoms with van der Waals surface area (Å²) < 4.78 is 56.0. The molecule has 0 aromatic heterocycles. The lowest BCUT2D eigenvalue weighted by Gasteiger charge is -2.14. The van der Waals surface area contributed by atoms with Gasteiger partial charge in [0.25, 0.3) is 20.0 Å². The smallest absolute Gasteiger partial charge is 0.261 e. The number of Topliss-reactive ketones (excluding diaryl/α,β-unsaturated/α-hetero) is 1. The third-order valence-electron chi connectivity index (χ3n) is 4.61. The Bertz CT molecular complexity index is 1350. The van der Waals surface area contributed by atoms with Crippen LogP contribution < -0.4 is 9.44 Å². The number of rotatable bonds is 7. The Kier molecular flexibility index (Phi) is 6.19. The third kappa shape index (κ3) is 5.31. The number of anilines is 2. The first-order valence-corrected chi connectivity index (χ1v) is 12.3. The Morgan fingerprint density at radius 2 is 1.35 bits per heavy atom. The molecule has 9 heteroatoms. The largest absolute Gasteiger partial charge is 0.295 e. The third-order valence-corrected chi connectivity index (χ3v) is 7.37. The van der Waals surface area contributed by atoms with Gasteiger partial charge in [-0.1, -0.05) is 30.3 Å². The summed E-state index contributed by atoms with van der Waals surface area (Å²) in [6.45, 7) is 4.91. The number of carbonyl (C=O) groups is 1. The summed E-state index contributed by atoms with van der Waals surface area (Å²) in [5, 5.41) is 0. The molecule has 0 bridgehead atoms. The van der Waals surface area contributed by atoms with E-state index < -0.39 is 20.0 Å². The standard InChI is InChI=1S/C22H22N2O5S2/c1-15-5-4-6-19(13-15)23-31(28,29)21-10-7-16(2)22(14-21)24-30(26,27)20-11-8-18(9-12-20)17(3)25/h4-14,23-24H,1-3H3. The second kappa shape index (κ2) is 8.52. The van der Waals surface area contributed by atoms with Gasteiger partial charge in [-0.25, -0.2) is 16.8 Å². The molecule has 162 valence electrons. The lowest BCUT2D eigenvalue weighted by Crippen LogP contribution is -2.16. The zero-order valence-electron chi connectivity index (χ0n) is 17.2. The molecule has 0 saturated carbocycles. The molecule has 0 fully saturated rings. The minimum absolute atomic E-state index is 0.0388. The van der Waals surface area contributed by atoms with Gasteiger partial charge in [-0.2, -0.15) is 0 Å². The average Bonchev–Trinajstić information content (AvgIpc) is 2.69. The fraction of sp³-hybridized carbons (Fsp3) is 0.136. The van der Waals surface area contributed by atoms with Gasteiger partial charge in [-0.05, 0) is 68.3 Å². The van der Waals surface area contributed by atoms with E-state index in [0.717, 1.165) is 5.56 Å². The van der Waals surface area contributed by atoms with E-state index >= 15 is 0 Å². The van der Waals surface area contributed by atoms with Crippen molar-refractivity contribution in [2.24, 2.45) is 0 Å². The second-order valence-corrected chi connectivity index (χ2v) is 10.5. The van der Waals surface area contributed by atoms with Crippen molar-refractivity contribution in [2.75, 3.05) is 9.44 Å². The van der Waals surface area contributed by atoms with Crippen LogP contribution in [0.25, 0.3) is 0 Å². The zero-order chi connectivity index (χ0) is 22.8. The molecule has 31 heavy (non-hydrogen) atoms. The maximum atomic E-state index is 12.8. The molecule has 0 amide bonds. The number of nitrogens with one attached hydrogen (secondary N) is 2. The molecular weight excluding hydrogens is 436 g/mol. The van der Waals surface area contributed by atoms with Gasteiger partial charge in [0.2, 0.25) is 0 Å². The molecule has 0 atom stereocenters. The lowest BCUT2D eigenvalue weighted by molar-refractivity contribution is 0.101. The molecule has 0 aliphatic rings. The van der Waals surface area contributed by atoms with E-state index in [1.54, 1.807) is 25.1 Å². The first-order chi connectivity index (χ1) is 14.5. The van der Waals surface area contributed by atoms with Crippen LogP contribution in [-0.4, -0.2) is 22.6 Å². The Morgan fingerprint density at radius 3 is 1.97 bits per heavy atom. The fourth-order valence-electron chi connectivity index (χ4n) is 2.87. The van der Waals surface area contributed by atoms with Crippen molar-refractivity contribution in [3.05, 3.63) is 83.4 Å². The minimum atomic E-state index is -3.98. The molecule has 3 rings (SSSR count). The van der Waals surface area contributed by atoms with Crippen molar-refractivity contribution in [1.82, 2.24) is 0 Å². The van der Waals surface area contributed by atoms with Gasteiger partial charge in [-0.3, -0.25) is 14.2 Å². The monoisotopic (exact) mass is 458 g/mol. The van der Waals surface area contributed by atoms with Crippen molar-refractivity contribution in [3.8, 4) is 0 Å². The van der Waals surface area contributed by atoms with E-state index in [9.17, 15) is 21.6 Å². The summed E-state index contributed by atoms with van der Waals surface area (Å²) in [6.07, 6.45) is 0. The summed E-state index contributed by atoms with van der Waals surface area (Å²) in [6, 6.07) is 16.6. The van der Waals surface area contributed by atoms with Gasteiger partial charge in [0, 0.05) is 11.3 Å². The van der Waals surface area contributed by atoms with Crippen LogP contribution in [0.3, 0.4) is 0 Å². The molecule has 0 heterocycles. The summed E-state index contributed by atoms with van der Waals surface area (Å²) >= 11 is 0. The number of hydrogen-bond acceptors (Lipinski definition) is 5.